The molecule has 604 valence electrons. The van der Waals surface area contributed by atoms with Crippen LogP contribution >= 0.6 is 35.3 Å². The minimum absolute atomic E-state index is 0.00903. The predicted octanol–water partition coefficient (Wildman–Crippen LogP) is 6.42. The third kappa shape index (κ3) is 30.0. The topological polar surface area (TPSA) is 439 Å². The second kappa shape index (κ2) is 45.6. The van der Waals surface area contributed by atoms with Gasteiger partial charge in [-0.3, -0.25) is 72.1 Å². The van der Waals surface area contributed by atoms with Crippen LogP contribution in [0.4, 0.5) is 0 Å². The molecule has 0 unspecified atom stereocenters. The van der Waals surface area contributed by atoms with E-state index in [2.05, 4.69) is 16.0 Å². The van der Waals surface area contributed by atoms with Gasteiger partial charge in [0.05, 0.1) is 37.1 Å². The van der Waals surface area contributed by atoms with Crippen molar-refractivity contribution in [2.75, 3.05) is 56.5 Å². The number of carboxylic acids is 4. The van der Waals surface area contributed by atoms with Crippen molar-refractivity contribution in [1.82, 2.24) is 35.6 Å². The lowest BCUT2D eigenvalue weighted by atomic mass is 9.95. The second-order valence-corrected chi connectivity index (χ2v) is 32.1. The largest absolute Gasteiger partial charge is 0.508 e. The molecular weight excluding hydrogens is 1490 g/mol. The fraction of sp³-hybridized carbons (Fsp3) is 0.537. The lowest BCUT2D eigenvalue weighted by molar-refractivity contribution is -0.148. The SMILES string of the molecule is CCCCCC(=O)C[C@H]1CSCc2cc(CSCCCC(=O)CCc3ccc(O)c(CN(CCN(CC(=O)O)Cc4cc(CCC(=O)O)ccc4O)CC(=O)O)c3)cc(c2)CSC[C@@H](C(=O)O)CC(=O)[C@H](Cc2ccccc2)NC(=O)[C@H](CCC(N)=O)NC(=O)[C@H]([C@@H](C)O)NC(=O)[C@@H]2CCCN2C(=O)[C@@H]2CCCN2C1=O. The number of hydrogen-bond donors (Lipinski definition) is 11. The smallest absolute Gasteiger partial charge is 0.317 e. The van der Waals surface area contributed by atoms with Gasteiger partial charge in [0.15, 0.2) is 5.78 Å². The van der Waals surface area contributed by atoms with E-state index < -0.39 is 133 Å². The molecule has 0 aromatic heterocycles. The Morgan fingerprint density at radius 1 is 0.604 bits per heavy atom. The molecule has 4 aromatic rings. The Hall–Kier alpha value is -8.88. The van der Waals surface area contributed by atoms with Crippen molar-refractivity contribution >= 4 is 112 Å². The first-order valence-corrected chi connectivity index (χ1v) is 41.4. The number of unbranched alkanes of at least 4 members (excludes halogenated alkanes) is 2. The Bertz CT molecular complexity index is 3900. The van der Waals surface area contributed by atoms with Crippen molar-refractivity contribution in [1.29, 1.82) is 0 Å². The molecule has 111 heavy (non-hydrogen) atoms. The number of primary amides is 1. The van der Waals surface area contributed by atoms with Crippen LogP contribution in [0.3, 0.4) is 0 Å². The van der Waals surface area contributed by atoms with Crippen molar-refractivity contribution < 1.29 is 98.1 Å². The number of aromatic hydroxyl groups is 2. The van der Waals surface area contributed by atoms with Gasteiger partial charge in [-0.25, -0.2) is 0 Å². The highest BCUT2D eigenvalue weighted by atomic mass is 32.2. The minimum atomic E-state index is -1.70. The van der Waals surface area contributed by atoms with Gasteiger partial charge < -0.3 is 67.2 Å². The van der Waals surface area contributed by atoms with Crippen molar-refractivity contribution in [3.05, 3.63) is 129 Å². The van der Waals surface area contributed by atoms with Crippen LogP contribution in [0, 0.1) is 11.8 Å². The molecule has 2 saturated heterocycles. The van der Waals surface area contributed by atoms with Gasteiger partial charge in [0.1, 0.15) is 47.2 Å². The summed E-state index contributed by atoms with van der Waals surface area (Å²) in [5.41, 5.74) is 10.9. The number of phenols is 2. The average molecular weight is 1600 g/mol. The molecule has 8 atom stereocenters. The molecule has 12 N–H and O–H groups in total. The average Bonchev–Trinajstić information content (AvgIpc) is 1.67. The van der Waals surface area contributed by atoms with E-state index in [0.29, 0.717) is 83.8 Å². The summed E-state index contributed by atoms with van der Waals surface area (Å²) in [5.74, 6) is -10.1. The number of carbonyl (C=O) groups excluding carboxylic acids is 9. The number of nitrogens with zero attached hydrogens (tertiary/aromatic N) is 4. The molecule has 28 nitrogen and oxygen atoms in total. The number of fused-ring (bicyclic) bond motifs is 4. The van der Waals surface area contributed by atoms with E-state index in [0.717, 1.165) is 35.1 Å². The third-order valence-electron chi connectivity index (χ3n) is 19.8. The number of nitrogens with one attached hydrogen (secondary N) is 3. The number of thioether (sulfide) groups is 3. The van der Waals surface area contributed by atoms with Gasteiger partial charge in [0.2, 0.25) is 35.4 Å². The Labute approximate surface area is 659 Å². The second-order valence-electron chi connectivity index (χ2n) is 28.9. The summed E-state index contributed by atoms with van der Waals surface area (Å²) in [6.45, 7) is 2.74. The standard InChI is InChI=1S/C80H106N8O20S3/c1-3-4-6-14-62(91)39-59-48-110-46-55-33-54(45-109-32-11-15-61(90)22-18-52-19-24-67(92)57(36-52)41-85(43-72(98)99)30-31-86(44-73(100)101)42-58-37-53(20-25-68(58)93)21-27-71(96)97)34-56(35-55)47-111-49-60(80(107)108)40-69(94)64(38-51-12-7-5-8-13-51)83-75(102)63(23-26-70(81)95)82-77(104)74(50(2)89)84-76(103)65-16-9-28-87(65)79(106)66-17-10-29-88(66)78(59)105/h5,7-8,12-13,19-20,24-25,33-37,50,59-60,63-66,74,89,92-93H,3-4,6,9-11,14-18,21-23,26-32,38-49H2,1-2H3,(H2,81,95)(H,82,104)(H,83,102)(H,84,103)(H,96,97)(H,98,99)(H,100,101)(H,107,108)/t50-,59+,60+,63+,64+,65+,66+,74+/m1/s1. The number of aliphatic hydroxyl groups is 1. The lowest BCUT2D eigenvalue weighted by Gasteiger charge is -2.33. The van der Waals surface area contributed by atoms with E-state index in [-0.39, 0.29) is 138 Å². The summed E-state index contributed by atoms with van der Waals surface area (Å²) in [6.07, 6.45) is 2.29. The number of carbonyl (C=O) groups is 13. The van der Waals surface area contributed by atoms with Crippen molar-refractivity contribution in [2.45, 2.75) is 203 Å². The van der Waals surface area contributed by atoms with E-state index in [9.17, 15) is 93.0 Å². The Balaban J connectivity index is 1.07. The molecule has 2 bridgehead atoms. The zero-order chi connectivity index (χ0) is 80.7. The number of ketones is 3. The number of phenolic OH excluding ortho intramolecular Hbond substituents is 2. The van der Waals surface area contributed by atoms with Gasteiger partial charge in [-0.05, 0) is 122 Å². The Morgan fingerprint density at radius 3 is 1.76 bits per heavy atom. The van der Waals surface area contributed by atoms with Gasteiger partial charge in [-0.1, -0.05) is 92.6 Å². The molecule has 0 spiro atoms. The summed E-state index contributed by atoms with van der Waals surface area (Å²) >= 11 is 4.34. The number of aliphatic hydroxyl groups excluding tert-OH is 1. The first-order valence-electron chi connectivity index (χ1n) is 37.9. The monoisotopic (exact) mass is 1590 g/mol. The van der Waals surface area contributed by atoms with Crippen LogP contribution in [0.25, 0.3) is 0 Å². The van der Waals surface area contributed by atoms with Crippen LogP contribution in [0.5, 0.6) is 11.5 Å². The number of aryl methyl sites for hydroxylation is 2. The van der Waals surface area contributed by atoms with E-state index in [1.165, 1.54) is 62.2 Å². The number of rotatable bonds is 36. The zero-order valence-electron chi connectivity index (χ0n) is 63.1. The molecule has 0 saturated carbocycles. The molecule has 2 fully saturated rings. The Morgan fingerprint density at radius 2 is 1.18 bits per heavy atom. The van der Waals surface area contributed by atoms with Gasteiger partial charge in [-0.2, -0.15) is 35.3 Å². The number of amides is 6. The van der Waals surface area contributed by atoms with Crippen LogP contribution in [0.2, 0.25) is 0 Å². The highest BCUT2D eigenvalue weighted by Gasteiger charge is 2.45. The van der Waals surface area contributed by atoms with Crippen LogP contribution < -0.4 is 21.7 Å². The van der Waals surface area contributed by atoms with Crippen molar-refractivity contribution in [3.63, 3.8) is 0 Å². The number of hydrogen-bond acceptors (Lipinski definition) is 21. The summed E-state index contributed by atoms with van der Waals surface area (Å²) < 4.78 is 0. The molecule has 0 radical (unpaired) electrons. The molecule has 31 heteroatoms. The molecule has 6 amide bonds. The number of Topliss-reactive ketones (excluding diaryl/α,β-unsaturated/α-hetero) is 3. The van der Waals surface area contributed by atoms with Gasteiger partial charge >= 0.3 is 23.9 Å². The quantitative estimate of drug-likeness (QED) is 0.0219. The molecule has 7 rings (SSSR count). The van der Waals surface area contributed by atoms with E-state index >= 15 is 0 Å². The minimum Gasteiger partial charge on any atom is -0.508 e. The maximum atomic E-state index is 15.0. The Kier molecular flexibility index (Phi) is 36.7. The lowest BCUT2D eigenvalue weighted by Crippen LogP contribution is -2.61. The first-order chi connectivity index (χ1) is 53.0. The predicted molar refractivity (Wildman–Crippen MR) is 419 cm³/mol. The highest BCUT2D eigenvalue weighted by molar-refractivity contribution is 7.99. The van der Waals surface area contributed by atoms with Crippen LogP contribution in [0.15, 0.2) is 84.9 Å². The molecule has 3 aliphatic rings. The molecule has 3 aliphatic heterocycles. The number of aliphatic carboxylic acids is 4. The van der Waals surface area contributed by atoms with Crippen molar-refractivity contribution in [3.8, 4) is 11.5 Å². The fourth-order valence-electron chi connectivity index (χ4n) is 14.0. The maximum absolute atomic E-state index is 15.0. The highest BCUT2D eigenvalue weighted by Crippen LogP contribution is 2.32. The number of benzene rings is 4. The molecular formula is C80H106N8O20S3. The van der Waals surface area contributed by atoms with Gasteiger partial charge in [-0.15, -0.1) is 0 Å². The van der Waals surface area contributed by atoms with E-state index in [4.69, 9.17) is 10.8 Å². The van der Waals surface area contributed by atoms with Gasteiger partial charge in [0.25, 0.3) is 0 Å². The molecule has 0 aliphatic carbocycles. The zero-order valence-corrected chi connectivity index (χ0v) is 65.5. The molecule has 3 heterocycles. The molecule has 4 aromatic carbocycles. The fourth-order valence-corrected chi connectivity index (χ4v) is 17.0. The summed E-state index contributed by atoms with van der Waals surface area (Å²) in [4.78, 5) is 181. The number of carboxylic acid groups (broad SMARTS) is 4. The first kappa shape index (κ1) is 89.3. The summed E-state index contributed by atoms with van der Waals surface area (Å²) in [5, 5.41) is 79.9. The summed E-state index contributed by atoms with van der Waals surface area (Å²) in [7, 11) is 0. The summed E-state index contributed by atoms with van der Waals surface area (Å²) in [6, 6.07) is 17.4. The number of nitrogens with two attached hydrogens (primary N) is 1. The van der Waals surface area contributed by atoms with Crippen LogP contribution in [-0.4, -0.2) is 225 Å². The van der Waals surface area contributed by atoms with Crippen molar-refractivity contribution in [2.24, 2.45) is 17.6 Å². The van der Waals surface area contributed by atoms with Crippen LogP contribution in [0.1, 0.15) is 161 Å². The third-order valence-corrected chi connectivity index (χ3v) is 23.3. The van der Waals surface area contributed by atoms with E-state index in [1.807, 2.05) is 25.1 Å². The normalized spacial score (nSPS) is 20.3. The maximum Gasteiger partial charge on any atom is 0.317 e. The van der Waals surface area contributed by atoms with E-state index in [1.54, 1.807) is 66.4 Å². The van der Waals surface area contributed by atoms with Crippen LogP contribution in [-0.2, 0) is 112 Å². The van der Waals surface area contributed by atoms with Gasteiger partial charge in [0, 0.05) is 124 Å².